The molecule has 1 aromatic carbocycles. The molecular weight excluding hydrogens is 485 g/mol. The van der Waals surface area contributed by atoms with Crippen LogP contribution in [0.5, 0.6) is 0 Å². The SMILES string of the molecule is CCNC(=NCC(C)(O)c1ccsc1)NCC1CCOC1c1ccccc1.I. The largest absolute Gasteiger partial charge is 0.383 e. The van der Waals surface area contributed by atoms with E-state index < -0.39 is 5.60 Å². The molecule has 28 heavy (non-hydrogen) atoms. The van der Waals surface area contributed by atoms with E-state index in [1.807, 2.05) is 29.8 Å². The fraction of sp³-hybridized carbons (Fsp3) is 0.476. The molecule has 0 aliphatic carbocycles. The zero-order chi connectivity index (χ0) is 19.1. The Balaban J connectivity index is 0.00000280. The standard InChI is InChI=1S/C21H29N3O2S.HI/c1-3-22-20(24-15-21(2,25)18-10-12-27-14-18)23-13-17-9-11-26-19(17)16-7-5-4-6-8-16;/h4-8,10,12,14,17,19,25H,3,9,11,13,15H2,1-2H3,(H2,22,23,24);1H. The summed E-state index contributed by atoms with van der Waals surface area (Å²) in [6, 6.07) is 12.3. The zero-order valence-electron chi connectivity index (χ0n) is 16.4. The molecule has 1 saturated heterocycles. The summed E-state index contributed by atoms with van der Waals surface area (Å²) < 4.78 is 5.97. The number of hydrogen-bond acceptors (Lipinski definition) is 4. The smallest absolute Gasteiger partial charge is 0.191 e. The Morgan fingerprint density at radius 3 is 2.75 bits per heavy atom. The van der Waals surface area contributed by atoms with Gasteiger partial charge in [0.15, 0.2) is 5.96 Å². The third-order valence-corrected chi connectivity index (χ3v) is 5.59. The molecule has 3 unspecified atom stereocenters. The van der Waals surface area contributed by atoms with Gasteiger partial charge in [-0.1, -0.05) is 30.3 Å². The molecule has 1 fully saturated rings. The molecule has 1 aliphatic rings. The van der Waals surface area contributed by atoms with Crippen LogP contribution in [-0.2, 0) is 10.3 Å². The lowest BCUT2D eigenvalue weighted by molar-refractivity contribution is 0.0676. The topological polar surface area (TPSA) is 65.9 Å². The second-order valence-electron chi connectivity index (χ2n) is 7.11. The van der Waals surface area contributed by atoms with E-state index in [9.17, 15) is 5.11 Å². The highest BCUT2D eigenvalue weighted by atomic mass is 127. The second-order valence-corrected chi connectivity index (χ2v) is 7.89. The fourth-order valence-electron chi connectivity index (χ4n) is 3.32. The number of guanidine groups is 1. The van der Waals surface area contributed by atoms with Gasteiger partial charge in [0.25, 0.3) is 0 Å². The minimum absolute atomic E-state index is 0. The van der Waals surface area contributed by atoms with Crippen molar-refractivity contribution in [1.29, 1.82) is 0 Å². The summed E-state index contributed by atoms with van der Waals surface area (Å²) in [5, 5.41) is 21.3. The molecule has 3 atom stereocenters. The van der Waals surface area contributed by atoms with Gasteiger partial charge in [-0.15, -0.1) is 24.0 Å². The number of hydrogen-bond donors (Lipinski definition) is 3. The van der Waals surface area contributed by atoms with Gasteiger partial charge in [-0.3, -0.25) is 0 Å². The predicted octanol–water partition coefficient (Wildman–Crippen LogP) is 3.91. The summed E-state index contributed by atoms with van der Waals surface area (Å²) in [6.45, 7) is 6.49. The van der Waals surface area contributed by atoms with E-state index in [-0.39, 0.29) is 30.1 Å². The minimum Gasteiger partial charge on any atom is -0.383 e. The quantitative estimate of drug-likeness (QED) is 0.297. The van der Waals surface area contributed by atoms with Crippen LogP contribution in [0.25, 0.3) is 0 Å². The molecule has 1 aromatic heterocycles. The molecule has 154 valence electrons. The van der Waals surface area contributed by atoms with Crippen molar-refractivity contribution in [2.24, 2.45) is 10.9 Å². The lowest BCUT2D eigenvalue weighted by Crippen LogP contribution is -2.41. The molecule has 0 saturated carbocycles. The number of nitrogens with zero attached hydrogens (tertiary/aromatic N) is 1. The van der Waals surface area contributed by atoms with Crippen molar-refractivity contribution in [3.8, 4) is 0 Å². The maximum absolute atomic E-state index is 10.7. The van der Waals surface area contributed by atoms with Gasteiger partial charge in [-0.2, -0.15) is 11.3 Å². The van der Waals surface area contributed by atoms with Crippen molar-refractivity contribution < 1.29 is 9.84 Å². The zero-order valence-corrected chi connectivity index (χ0v) is 19.6. The number of benzene rings is 1. The molecule has 3 rings (SSSR count). The van der Waals surface area contributed by atoms with Crippen LogP contribution in [0.3, 0.4) is 0 Å². The van der Waals surface area contributed by atoms with E-state index in [0.29, 0.717) is 12.5 Å². The molecule has 3 N–H and O–H groups in total. The highest BCUT2D eigenvalue weighted by Gasteiger charge is 2.29. The van der Waals surface area contributed by atoms with Crippen LogP contribution in [-0.4, -0.2) is 37.3 Å². The molecule has 7 heteroatoms. The summed E-state index contributed by atoms with van der Waals surface area (Å²) in [6.07, 6.45) is 1.15. The molecule has 2 aromatic rings. The molecular formula is C21H30IN3O2S. The van der Waals surface area contributed by atoms with E-state index in [1.54, 1.807) is 18.3 Å². The Morgan fingerprint density at radius 1 is 1.29 bits per heavy atom. The second kappa shape index (κ2) is 11.1. The Hall–Kier alpha value is -1.16. The lowest BCUT2D eigenvalue weighted by atomic mass is 9.95. The van der Waals surface area contributed by atoms with Gasteiger partial charge >= 0.3 is 0 Å². The molecule has 2 heterocycles. The third kappa shape index (κ3) is 6.17. The Morgan fingerprint density at radius 2 is 2.07 bits per heavy atom. The maximum atomic E-state index is 10.7. The Bertz CT molecular complexity index is 723. The highest BCUT2D eigenvalue weighted by molar-refractivity contribution is 14.0. The van der Waals surface area contributed by atoms with E-state index in [0.717, 1.165) is 37.6 Å². The van der Waals surface area contributed by atoms with Gasteiger partial charge < -0.3 is 20.5 Å². The van der Waals surface area contributed by atoms with Gasteiger partial charge in [0.05, 0.1) is 12.6 Å². The van der Waals surface area contributed by atoms with Crippen molar-refractivity contribution in [3.05, 3.63) is 58.3 Å². The van der Waals surface area contributed by atoms with Crippen LogP contribution < -0.4 is 10.6 Å². The van der Waals surface area contributed by atoms with Crippen molar-refractivity contribution in [2.75, 3.05) is 26.2 Å². The third-order valence-electron chi connectivity index (χ3n) is 4.91. The van der Waals surface area contributed by atoms with Crippen LogP contribution in [0.1, 0.15) is 37.5 Å². The molecule has 0 spiro atoms. The lowest BCUT2D eigenvalue weighted by Gasteiger charge is -2.23. The Labute approximate surface area is 188 Å². The summed E-state index contributed by atoms with van der Waals surface area (Å²) in [5.41, 5.74) is 1.16. The summed E-state index contributed by atoms with van der Waals surface area (Å²) in [4.78, 5) is 4.61. The molecule has 5 nitrogen and oxygen atoms in total. The Kier molecular flexibility index (Phi) is 9.20. The number of ether oxygens (including phenoxy) is 1. The van der Waals surface area contributed by atoms with Crippen LogP contribution in [0.15, 0.2) is 52.2 Å². The van der Waals surface area contributed by atoms with E-state index in [4.69, 9.17) is 4.74 Å². The average Bonchev–Trinajstić information content (AvgIpc) is 3.37. The van der Waals surface area contributed by atoms with Crippen LogP contribution in [0.4, 0.5) is 0 Å². The van der Waals surface area contributed by atoms with Crippen LogP contribution in [0.2, 0.25) is 0 Å². The maximum Gasteiger partial charge on any atom is 0.191 e. The number of rotatable bonds is 7. The minimum atomic E-state index is -0.967. The van der Waals surface area contributed by atoms with Crippen molar-refractivity contribution in [3.63, 3.8) is 0 Å². The first kappa shape index (κ1) is 23.1. The first-order valence-electron chi connectivity index (χ1n) is 9.54. The molecule has 0 bridgehead atoms. The highest BCUT2D eigenvalue weighted by Crippen LogP contribution is 2.33. The van der Waals surface area contributed by atoms with Crippen molar-refractivity contribution >= 4 is 41.3 Å². The van der Waals surface area contributed by atoms with Gasteiger partial charge in [0.2, 0.25) is 0 Å². The number of thiophene rings is 1. The number of aliphatic imine (C=N–C) groups is 1. The van der Waals surface area contributed by atoms with E-state index >= 15 is 0 Å². The summed E-state index contributed by atoms with van der Waals surface area (Å²) >= 11 is 1.58. The van der Waals surface area contributed by atoms with Gasteiger partial charge in [-0.05, 0) is 48.2 Å². The number of nitrogens with one attached hydrogen (secondary N) is 2. The first-order valence-corrected chi connectivity index (χ1v) is 10.5. The van der Waals surface area contributed by atoms with Crippen LogP contribution in [0, 0.1) is 5.92 Å². The molecule has 0 radical (unpaired) electrons. The van der Waals surface area contributed by atoms with E-state index in [2.05, 4.69) is 39.9 Å². The van der Waals surface area contributed by atoms with Gasteiger partial charge in [-0.25, -0.2) is 4.99 Å². The van der Waals surface area contributed by atoms with E-state index in [1.165, 1.54) is 5.56 Å². The fourth-order valence-corrected chi connectivity index (χ4v) is 4.10. The summed E-state index contributed by atoms with van der Waals surface area (Å²) in [7, 11) is 0. The van der Waals surface area contributed by atoms with Crippen molar-refractivity contribution in [1.82, 2.24) is 10.6 Å². The van der Waals surface area contributed by atoms with Crippen molar-refractivity contribution in [2.45, 2.75) is 32.0 Å². The van der Waals surface area contributed by atoms with Crippen LogP contribution >= 0.6 is 35.3 Å². The van der Waals surface area contributed by atoms with Gasteiger partial charge in [0, 0.05) is 25.6 Å². The summed E-state index contributed by atoms with van der Waals surface area (Å²) in [5.74, 6) is 1.13. The monoisotopic (exact) mass is 515 g/mol. The molecule has 1 aliphatic heterocycles. The normalized spacial score (nSPS) is 21.6. The van der Waals surface area contributed by atoms with Gasteiger partial charge in [0.1, 0.15) is 5.60 Å². The first-order chi connectivity index (χ1) is 13.1. The number of aliphatic hydroxyl groups is 1. The molecule has 0 amide bonds. The predicted molar refractivity (Wildman–Crippen MR) is 127 cm³/mol. The number of halogens is 1. The average molecular weight is 515 g/mol.